The van der Waals surface area contributed by atoms with Crippen molar-refractivity contribution >= 4 is 16.7 Å². The molecule has 0 spiro atoms. The highest BCUT2D eigenvalue weighted by Gasteiger charge is 2.32. The van der Waals surface area contributed by atoms with Gasteiger partial charge in [0, 0.05) is 24.0 Å². The number of aromatic nitrogens is 2. The lowest BCUT2D eigenvalue weighted by molar-refractivity contribution is -0.137. The summed E-state index contributed by atoms with van der Waals surface area (Å²) in [5.74, 6) is 1.17. The molecular formula is C24H25F4N3O3. The zero-order chi connectivity index (χ0) is 24.5. The molecule has 1 N–H and O–H groups in total. The van der Waals surface area contributed by atoms with E-state index in [4.69, 9.17) is 14.2 Å². The maximum Gasteiger partial charge on any atom is 0.416 e. The van der Waals surface area contributed by atoms with Crippen LogP contribution in [0, 0.1) is 18.7 Å². The average molecular weight is 479 g/mol. The smallest absolute Gasteiger partial charge is 0.416 e. The van der Waals surface area contributed by atoms with E-state index < -0.39 is 23.6 Å². The summed E-state index contributed by atoms with van der Waals surface area (Å²) in [6, 6.07) is 5.28. The number of anilines is 1. The molecule has 0 amide bonds. The number of fused-ring (bicyclic) bond motifs is 1. The Balaban J connectivity index is 1.67. The summed E-state index contributed by atoms with van der Waals surface area (Å²) in [6.45, 7) is 5.14. The molecule has 2 heterocycles. The highest BCUT2D eigenvalue weighted by Crippen LogP contribution is 2.37. The molecule has 2 aromatic carbocycles. The highest BCUT2D eigenvalue weighted by molar-refractivity contribution is 5.92. The van der Waals surface area contributed by atoms with Gasteiger partial charge in [0.05, 0.1) is 37.4 Å². The van der Waals surface area contributed by atoms with Crippen LogP contribution in [0.5, 0.6) is 11.5 Å². The SMILES string of the molecule is COc1cc2nc(C)nc(N[C@H](C)c3cc(F)cc(C(F)(F)F)c3)c2cc1OC[C@@H]1CCOC1. The monoisotopic (exact) mass is 479 g/mol. The standard InChI is InChI=1S/C24H25F4N3O3/c1-13(16-6-17(24(26,27)28)8-18(25)7-16)29-23-19-9-22(34-12-15-4-5-33-11-15)21(32-3)10-20(19)30-14(2)31-23/h6-10,13,15H,4-5,11-12H2,1-3H3,(H,29,30,31)/t13-,15-/m1/s1. The molecule has 0 saturated carbocycles. The van der Waals surface area contributed by atoms with Gasteiger partial charge in [0.1, 0.15) is 17.5 Å². The predicted molar refractivity (Wildman–Crippen MR) is 119 cm³/mol. The fourth-order valence-electron chi connectivity index (χ4n) is 3.87. The molecule has 3 aromatic rings. The van der Waals surface area contributed by atoms with Crippen LogP contribution in [0.1, 0.15) is 36.3 Å². The van der Waals surface area contributed by atoms with Crippen molar-refractivity contribution in [3.05, 3.63) is 53.1 Å². The first-order valence-corrected chi connectivity index (χ1v) is 10.8. The number of halogens is 4. The number of nitrogens with one attached hydrogen (secondary N) is 1. The summed E-state index contributed by atoms with van der Waals surface area (Å²) in [4.78, 5) is 8.89. The van der Waals surface area contributed by atoms with Gasteiger partial charge in [-0.2, -0.15) is 13.2 Å². The van der Waals surface area contributed by atoms with Crippen molar-refractivity contribution < 1.29 is 31.8 Å². The largest absolute Gasteiger partial charge is 0.493 e. The first-order valence-electron chi connectivity index (χ1n) is 10.8. The Morgan fingerprint density at radius 2 is 1.94 bits per heavy atom. The van der Waals surface area contributed by atoms with Crippen LogP contribution in [-0.2, 0) is 10.9 Å². The van der Waals surface area contributed by atoms with Gasteiger partial charge in [-0.05, 0) is 50.1 Å². The molecule has 4 rings (SSSR count). The number of hydrogen-bond acceptors (Lipinski definition) is 6. The van der Waals surface area contributed by atoms with Gasteiger partial charge in [0.15, 0.2) is 11.5 Å². The number of aryl methyl sites for hydroxylation is 1. The number of rotatable bonds is 7. The Labute approximate surface area is 194 Å². The molecule has 2 atom stereocenters. The summed E-state index contributed by atoms with van der Waals surface area (Å²) in [5, 5.41) is 3.71. The second-order valence-corrected chi connectivity index (χ2v) is 8.32. The van der Waals surface area contributed by atoms with Crippen molar-refractivity contribution in [2.45, 2.75) is 32.5 Å². The van der Waals surface area contributed by atoms with Gasteiger partial charge in [-0.15, -0.1) is 0 Å². The van der Waals surface area contributed by atoms with E-state index in [1.54, 1.807) is 26.0 Å². The van der Waals surface area contributed by atoms with Crippen molar-refractivity contribution in [1.82, 2.24) is 9.97 Å². The summed E-state index contributed by atoms with van der Waals surface area (Å²) in [5.41, 5.74) is -0.329. The van der Waals surface area contributed by atoms with Crippen LogP contribution in [0.3, 0.4) is 0 Å². The Morgan fingerprint density at radius 1 is 1.15 bits per heavy atom. The van der Waals surface area contributed by atoms with E-state index in [1.807, 2.05) is 0 Å². The summed E-state index contributed by atoms with van der Waals surface area (Å²) in [6.07, 6.45) is -3.74. The molecular weight excluding hydrogens is 454 g/mol. The maximum atomic E-state index is 13.9. The lowest BCUT2D eigenvalue weighted by Crippen LogP contribution is -2.13. The lowest BCUT2D eigenvalue weighted by atomic mass is 10.0. The molecule has 10 heteroatoms. The Morgan fingerprint density at radius 3 is 2.62 bits per heavy atom. The molecule has 0 unspecified atom stereocenters. The van der Waals surface area contributed by atoms with E-state index in [1.165, 1.54) is 7.11 Å². The van der Waals surface area contributed by atoms with Crippen LogP contribution in [0.15, 0.2) is 30.3 Å². The molecule has 1 aliphatic heterocycles. The molecule has 0 bridgehead atoms. The highest BCUT2D eigenvalue weighted by atomic mass is 19.4. The molecule has 0 aliphatic carbocycles. The molecule has 6 nitrogen and oxygen atoms in total. The van der Waals surface area contributed by atoms with Crippen molar-refractivity contribution in [2.75, 3.05) is 32.2 Å². The van der Waals surface area contributed by atoms with Crippen LogP contribution in [0.4, 0.5) is 23.4 Å². The molecule has 1 aliphatic rings. The zero-order valence-electron chi connectivity index (χ0n) is 19.0. The van der Waals surface area contributed by atoms with E-state index in [-0.39, 0.29) is 11.5 Å². The number of alkyl halides is 3. The lowest BCUT2D eigenvalue weighted by Gasteiger charge is -2.19. The van der Waals surface area contributed by atoms with Crippen molar-refractivity contribution in [1.29, 1.82) is 0 Å². The third-order valence-corrected chi connectivity index (χ3v) is 5.69. The second-order valence-electron chi connectivity index (χ2n) is 8.32. The van der Waals surface area contributed by atoms with Crippen molar-refractivity contribution in [2.24, 2.45) is 5.92 Å². The van der Waals surface area contributed by atoms with Gasteiger partial charge in [0.2, 0.25) is 0 Å². The fourth-order valence-corrected chi connectivity index (χ4v) is 3.87. The van der Waals surface area contributed by atoms with Gasteiger partial charge < -0.3 is 19.5 Å². The second kappa shape index (κ2) is 9.61. The fraction of sp³-hybridized carbons (Fsp3) is 0.417. The zero-order valence-corrected chi connectivity index (χ0v) is 19.0. The number of benzene rings is 2. The summed E-state index contributed by atoms with van der Waals surface area (Å²) >= 11 is 0. The Bertz CT molecular complexity index is 1180. The number of nitrogens with zero attached hydrogens (tertiary/aromatic N) is 2. The molecule has 34 heavy (non-hydrogen) atoms. The first kappa shape index (κ1) is 24.0. The summed E-state index contributed by atoms with van der Waals surface area (Å²) < 4.78 is 70.3. The minimum absolute atomic E-state index is 0.142. The van der Waals surface area contributed by atoms with Gasteiger partial charge in [0.25, 0.3) is 0 Å². The number of hydrogen-bond donors (Lipinski definition) is 1. The van der Waals surface area contributed by atoms with Crippen LogP contribution >= 0.6 is 0 Å². The van der Waals surface area contributed by atoms with Gasteiger partial charge in [-0.1, -0.05) is 0 Å². The average Bonchev–Trinajstić information content (AvgIpc) is 3.29. The van der Waals surface area contributed by atoms with Crippen LogP contribution < -0.4 is 14.8 Å². The predicted octanol–water partition coefficient (Wildman–Crippen LogP) is 5.69. The maximum absolute atomic E-state index is 13.9. The molecule has 1 aromatic heterocycles. The van der Waals surface area contributed by atoms with E-state index in [2.05, 4.69) is 15.3 Å². The molecule has 0 radical (unpaired) electrons. The Kier molecular flexibility index (Phi) is 6.79. The van der Waals surface area contributed by atoms with Gasteiger partial charge in [-0.25, -0.2) is 14.4 Å². The van der Waals surface area contributed by atoms with Crippen molar-refractivity contribution in [3.8, 4) is 11.5 Å². The number of methoxy groups -OCH3 is 1. The van der Waals surface area contributed by atoms with E-state index in [0.717, 1.165) is 18.6 Å². The molecule has 1 fully saturated rings. The van der Waals surface area contributed by atoms with Crippen molar-refractivity contribution in [3.63, 3.8) is 0 Å². The summed E-state index contributed by atoms with van der Waals surface area (Å²) in [7, 11) is 1.53. The van der Waals surface area contributed by atoms with Crippen LogP contribution in [-0.4, -0.2) is 36.9 Å². The quantitative estimate of drug-likeness (QED) is 0.439. The first-order chi connectivity index (χ1) is 16.1. The van der Waals surface area contributed by atoms with E-state index in [0.29, 0.717) is 59.9 Å². The molecule has 1 saturated heterocycles. The Hall–Kier alpha value is -3.14. The van der Waals surface area contributed by atoms with Gasteiger partial charge >= 0.3 is 6.18 Å². The normalized spacial score (nSPS) is 17.1. The molecule has 182 valence electrons. The van der Waals surface area contributed by atoms with Crippen LogP contribution in [0.2, 0.25) is 0 Å². The third-order valence-electron chi connectivity index (χ3n) is 5.69. The van der Waals surface area contributed by atoms with Crippen LogP contribution in [0.25, 0.3) is 10.9 Å². The minimum atomic E-state index is -4.65. The van der Waals surface area contributed by atoms with E-state index in [9.17, 15) is 17.6 Å². The topological polar surface area (TPSA) is 65.5 Å². The van der Waals surface area contributed by atoms with Gasteiger partial charge in [-0.3, -0.25) is 0 Å². The van der Waals surface area contributed by atoms with E-state index >= 15 is 0 Å². The third kappa shape index (κ3) is 5.32. The number of ether oxygens (including phenoxy) is 3. The minimum Gasteiger partial charge on any atom is -0.493 e.